The molecule has 0 unspecified atom stereocenters. The van der Waals surface area contributed by atoms with Crippen LogP contribution in [0, 0.1) is 11.8 Å². The van der Waals surface area contributed by atoms with Crippen molar-refractivity contribution in [3.8, 4) is 0 Å². The van der Waals surface area contributed by atoms with Crippen LogP contribution in [0.3, 0.4) is 0 Å². The van der Waals surface area contributed by atoms with E-state index in [9.17, 15) is 19.4 Å². The van der Waals surface area contributed by atoms with E-state index in [0.717, 1.165) is 12.3 Å². The molecule has 1 aliphatic rings. The van der Waals surface area contributed by atoms with Crippen LogP contribution in [0.5, 0.6) is 0 Å². The first-order valence-electron chi connectivity index (χ1n) is 8.81. The van der Waals surface area contributed by atoms with Gasteiger partial charge in [0.15, 0.2) is 0 Å². The summed E-state index contributed by atoms with van der Waals surface area (Å²) in [4.78, 5) is -1.80. The molecular weight excluding hydrogens is 343 g/mol. The van der Waals surface area contributed by atoms with E-state index in [1.54, 1.807) is 0 Å². The van der Waals surface area contributed by atoms with Gasteiger partial charge in [-0.2, -0.15) is 0 Å². The lowest BCUT2D eigenvalue weighted by atomic mass is 9.78. The van der Waals surface area contributed by atoms with E-state index in [1.807, 2.05) is 0 Å². The van der Waals surface area contributed by atoms with E-state index < -0.39 is 15.1 Å². The lowest BCUT2D eigenvalue weighted by Gasteiger charge is -2.40. The van der Waals surface area contributed by atoms with Crippen LogP contribution in [-0.2, 0) is 6.42 Å². The Morgan fingerprint density at radius 3 is 1.79 bits per heavy atom. The van der Waals surface area contributed by atoms with Gasteiger partial charge in [-0.15, -0.1) is 0 Å². The van der Waals surface area contributed by atoms with Crippen molar-refractivity contribution in [3.63, 3.8) is 0 Å². The number of hydrogen-bond acceptors (Lipinski definition) is 0. The molecule has 2 rings (SSSR count). The minimum atomic E-state index is -9.54. The van der Waals surface area contributed by atoms with Gasteiger partial charge in [0, 0.05) is 0 Å². The Morgan fingerprint density at radius 2 is 1.33 bits per heavy atom. The van der Waals surface area contributed by atoms with E-state index in [-0.39, 0.29) is 0 Å². The van der Waals surface area contributed by atoms with Gasteiger partial charge >= 0.3 is 10.2 Å². The second-order valence-corrected chi connectivity index (χ2v) is 9.59. The summed E-state index contributed by atoms with van der Waals surface area (Å²) in [6, 6.07) is 3.44. The summed E-state index contributed by atoms with van der Waals surface area (Å²) in [5.41, 5.74) is 0.703. The predicted molar refractivity (Wildman–Crippen MR) is 91.1 cm³/mol. The molecule has 0 spiro atoms. The van der Waals surface area contributed by atoms with Gasteiger partial charge in [0.2, 0.25) is 0 Å². The van der Waals surface area contributed by atoms with Crippen molar-refractivity contribution in [2.45, 2.75) is 69.6 Å². The maximum Gasteiger partial charge on any atom is 0.310 e. The molecule has 1 aromatic carbocycles. The van der Waals surface area contributed by atoms with Crippen molar-refractivity contribution in [3.05, 3.63) is 29.8 Å². The summed E-state index contributed by atoms with van der Waals surface area (Å²) in [7, 11) is -9.54. The van der Waals surface area contributed by atoms with Crippen molar-refractivity contribution in [2.75, 3.05) is 0 Å². The number of aryl methyl sites for hydroxylation is 1. The van der Waals surface area contributed by atoms with Gasteiger partial charge in [-0.3, -0.25) is 0 Å². The third kappa shape index (κ3) is 5.94. The number of unbranched alkanes of at least 4 members (excludes halogenated alkanes) is 1. The summed E-state index contributed by atoms with van der Waals surface area (Å²) in [5, 5.41) is 0. The third-order valence-electron chi connectivity index (χ3n) is 5.14. The molecule has 1 aliphatic carbocycles. The van der Waals surface area contributed by atoms with Gasteiger partial charge in [0.1, 0.15) is 4.90 Å². The first-order valence-corrected chi connectivity index (χ1v) is 10.8. The molecule has 1 fully saturated rings. The van der Waals surface area contributed by atoms with Crippen molar-refractivity contribution >= 4 is 10.2 Å². The molecule has 0 aromatic heterocycles. The highest BCUT2D eigenvalue weighted by Crippen LogP contribution is 3.02. The predicted octanol–water partition coefficient (Wildman–Crippen LogP) is 8.27. The number of halogens is 5. The SMILES string of the molecule is CCCCC1CCC(CCc2ccc(S(F)(F)(F)(F)F)cc2)CC1. The standard InChI is InChI=1S/C18H27F5S/c1-2-3-4-15-5-7-16(8-6-15)9-10-17-11-13-18(14-12-17)24(19,20,21,22)23/h11-16H,2-10H2,1H3. The molecule has 0 atom stereocenters. The highest BCUT2D eigenvalue weighted by atomic mass is 32.5. The molecule has 0 radical (unpaired) electrons. The fraction of sp³-hybridized carbons (Fsp3) is 0.667. The maximum absolute atomic E-state index is 12.7. The average Bonchev–Trinajstić information content (AvgIpc) is 2.50. The first kappa shape index (κ1) is 19.5. The van der Waals surface area contributed by atoms with Crippen LogP contribution in [-0.4, -0.2) is 0 Å². The minimum absolute atomic E-state index is 0.526. The van der Waals surface area contributed by atoms with E-state index in [4.69, 9.17) is 0 Å². The van der Waals surface area contributed by atoms with E-state index in [0.29, 0.717) is 30.0 Å². The normalized spacial score (nSPS) is 25.1. The average molecular weight is 370 g/mol. The first-order chi connectivity index (χ1) is 11.0. The molecule has 0 saturated heterocycles. The zero-order chi connectivity index (χ0) is 17.9. The van der Waals surface area contributed by atoms with Crippen molar-refractivity contribution in [1.82, 2.24) is 0 Å². The number of hydrogen-bond donors (Lipinski definition) is 0. The number of benzene rings is 1. The van der Waals surface area contributed by atoms with Crippen LogP contribution < -0.4 is 0 Å². The van der Waals surface area contributed by atoms with Crippen LogP contribution in [0.2, 0.25) is 0 Å². The molecule has 1 saturated carbocycles. The second kappa shape index (κ2) is 6.50. The molecule has 24 heavy (non-hydrogen) atoms. The van der Waals surface area contributed by atoms with Gasteiger partial charge in [-0.1, -0.05) is 83.4 Å². The monoisotopic (exact) mass is 370 g/mol. The Hall–Kier alpha value is -0.780. The van der Waals surface area contributed by atoms with Crippen LogP contribution in [0.4, 0.5) is 19.4 Å². The summed E-state index contributed by atoms with van der Waals surface area (Å²) in [6.07, 6.45) is 10.3. The Bertz CT molecular complexity index is 526. The zero-order valence-electron chi connectivity index (χ0n) is 14.1. The van der Waals surface area contributed by atoms with E-state index in [1.165, 1.54) is 57.1 Å². The molecule has 140 valence electrons. The molecule has 1 aromatic rings. The quantitative estimate of drug-likeness (QED) is 0.424. The molecule has 0 N–H and O–H groups in total. The van der Waals surface area contributed by atoms with Crippen molar-refractivity contribution in [2.24, 2.45) is 11.8 Å². The fourth-order valence-electron chi connectivity index (χ4n) is 3.59. The van der Waals surface area contributed by atoms with Gasteiger partial charge < -0.3 is 0 Å². The van der Waals surface area contributed by atoms with Gasteiger partial charge in [0.05, 0.1) is 0 Å². The molecule has 6 heteroatoms. The van der Waals surface area contributed by atoms with Gasteiger partial charge in [-0.25, -0.2) is 0 Å². The minimum Gasteiger partial charge on any atom is -0.0936 e. The highest BCUT2D eigenvalue weighted by molar-refractivity contribution is 8.45. The molecular formula is C18H27F5S. The number of rotatable bonds is 7. The van der Waals surface area contributed by atoms with Gasteiger partial charge in [0.25, 0.3) is 0 Å². The van der Waals surface area contributed by atoms with Crippen LogP contribution in [0.25, 0.3) is 0 Å². The Kier molecular flexibility index (Phi) is 5.30. The molecule has 0 heterocycles. The largest absolute Gasteiger partial charge is 0.310 e. The fourth-order valence-corrected chi connectivity index (χ4v) is 4.24. The highest BCUT2D eigenvalue weighted by Gasteiger charge is 2.65. The second-order valence-electron chi connectivity index (χ2n) is 7.18. The molecule has 0 nitrogen and oxygen atoms in total. The lowest BCUT2D eigenvalue weighted by Crippen LogP contribution is -2.15. The van der Waals surface area contributed by atoms with Crippen molar-refractivity contribution < 1.29 is 19.4 Å². The van der Waals surface area contributed by atoms with Crippen LogP contribution in [0.15, 0.2) is 29.2 Å². The Morgan fingerprint density at radius 1 is 0.833 bits per heavy atom. The Labute approximate surface area is 141 Å². The van der Waals surface area contributed by atoms with Gasteiger partial charge in [-0.05, 0) is 42.4 Å². The van der Waals surface area contributed by atoms with E-state index >= 15 is 0 Å². The molecule has 0 aliphatic heterocycles. The van der Waals surface area contributed by atoms with Crippen LogP contribution >= 0.6 is 10.2 Å². The summed E-state index contributed by atoms with van der Waals surface area (Å²) in [5.74, 6) is 1.44. The van der Waals surface area contributed by atoms with Crippen LogP contribution in [0.1, 0.15) is 63.9 Å². The summed E-state index contributed by atoms with van der Waals surface area (Å²) in [6.45, 7) is 2.20. The Balaban J connectivity index is 1.82. The molecule has 0 bridgehead atoms. The lowest BCUT2D eigenvalue weighted by molar-refractivity contribution is 0.250. The van der Waals surface area contributed by atoms with Crippen molar-refractivity contribution in [1.29, 1.82) is 0 Å². The zero-order valence-corrected chi connectivity index (χ0v) is 14.9. The summed E-state index contributed by atoms with van der Waals surface area (Å²) < 4.78 is 63.4. The maximum atomic E-state index is 12.7. The summed E-state index contributed by atoms with van der Waals surface area (Å²) >= 11 is 0. The topological polar surface area (TPSA) is 0 Å². The smallest absolute Gasteiger partial charge is 0.0936 e. The van der Waals surface area contributed by atoms with E-state index in [2.05, 4.69) is 6.92 Å². The third-order valence-corrected chi connectivity index (χ3v) is 6.31. The molecule has 0 amide bonds.